The Morgan fingerprint density at radius 1 is 1.29 bits per heavy atom. The molecule has 28 heavy (non-hydrogen) atoms. The van der Waals surface area contributed by atoms with Crippen molar-refractivity contribution in [3.8, 4) is 0 Å². The van der Waals surface area contributed by atoms with E-state index in [1.54, 1.807) is 12.4 Å². The van der Waals surface area contributed by atoms with Crippen LogP contribution in [0.2, 0.25) is 0 Å². The SMILES string of the molecule is Cc1nc(N2CCC(N3CCC[C@H](C(=O)NCc4cccnc4)C3)CC2)no1. The second-order valence-electron chi connectivity index (χ2n) is 7.74. The minimum Gasteiger partial charge on any atom is -0.352 e. The fourth-order valence-corrected chi connectivity index (χ4v) is 4.24. The molecule has 1 amide bonds. The zero-order valence-corrected chi connectivity index (χ0v) is 16.4. The maximum atomic E-state index is 12.6. The van der Waals surface area contributed by atoms with E-state index in [9.17, 15) is 4.79 Å². The summed E-state index contributed by atoms with van der Waals surface area (Å²) in [5.74, 6) is 1.53. The Bertz CT molecular complexity index is 772. The Balaban J connectivity index is 1.26. The molecule has 2 aliphatic rings. The summed E-state index contributed by atoms with van der Waals surface area (Å²) in [6.07, 6.45) is 7.72. The summed E-state index contributed by atoms with van der Waals surface area (Å²) >= 11 is 0. The van der Waals surface area contributed by atoms with Crippen molar-refractivity contribution in [2.75, 3.05) is 31.1 Å². The molecule has 2 saturated heterocycles. The molecule has 8 nitrogen and oxygen atoms in total. The molecule has 0 radical (unpaired) electrons. The van der Waals surface area contributed by atoms with Gasteiger partial charge in [0, 0.05) is 51.5 Å². The molecule has 2 fully saturated rings. The number of nitrogens with zero attached hydrogens (tertiary/aromatic N) is 5. The smallest absolute Gasteiger partial charge is 0.266 e. The van der Waals surface area contributed by atoms with Gasteiger partial charge in [0.1, 0.15) is 0 Å². The van der Waals surface area contributed by atoms with Gasteiger partial charge < -0.3 is 14.7 Å². The first-order valence-electron chi connectivity index (χ1n) is 10.1. The predicted molar refractivity (Wildman–Crippen MR) is 105 cm³/mol. The molecular formula is C20H28N6O2. The van der Waals surface area contributed by atoms with E-state index in [-0.39, 0.29) is 11.8 Å². The van der Waals surface area contributed by atoms with Crippen LogP contribution in [0.15, 0.2) is 29.0 Å². The lowest BCUT2D eigenvalue weighted by Crippen LogP contribution is -2.51. The standard InChI is InChI=1S/C20H28N6O2/c1-15-23-20(24-28-15)25-10-6-18(7-11-25)26-9-3-5-17(14-26)19(27)22-13-16-4-2-8-21-12-16/h2,4,8,12,17-18H,3,5-7,9-11,13-14H2,1H3,(H,22,27)/t17-/m0/s1. The summed E-state index contributed by atoms with van der Waals surface area (Å²) in [5.41, 5.74) is 1.03. The van der Waals surface area contributed by atoms with Crippen molar-refractivity contribution in [1.82, 2.24) is 25.3 Å². The van der Waals surface area contributed by atoms with Crippen LogP contribution in [0, 0.1) is 12.8 Å². The van der Waals surface area contributed by atoms with E-state index < -0.39 is 0 Å². The Morgan fingerprint density at radius 2 is 2.14 bits per heavy atom. The van der Waals surface area contributed by atoms with E-state index in [4.69, 9.17) is 4.52 Å². The summed E-state index contributed by atoms with van der Waals surface area (Å²) < 4.78 is 5.09. The predicted octanol–water partition coefficient (Wildman–Crippen LogP) is 1.77. The third-order valence-electron chi connectivity index (χ3n) is 5.79. The molecule has 1 atom stereocenters. The van der Waals surface area contributed by atoms with Gasteiger partial charge in [-0.1, -0.05) is 6.07 Å². The molecule has 1 N–H and O–H groups in total. The summed E-state index contributed by atoms with van der Waals surface area (Å²) in [4.78, 5) is 25.8. The summed E-state index contributed by atoms with van der Waals surface area (Å²) in [6.45, 7) is 6.15. The van der Waals surface area contributed by atoms with Crippen LogP contribution in [0.4, 0.5) is 5.95 Å². The molecule has 8 heteroatoms. The van der Waals surface area contributed by atoms with Crippen molar-refractivity contribution >= 4 is 11.9 Å². The molecule has 4 heterocycles. The molecule has 0 spiro atoms. The summed E-state index contributed by atoms with van der Waals surface area (Å²) in [5, 5.41) is 7.11. The van der Waals surface area contributed by atoms with Gasteiger partial charge in [-0.25, -0.2) is 0 Å². The van der Waals surface area contributed by atoms with Crippen LogP contribution >= 0.6 is 0 Å². The van der Waals surface area contributed by atoms with E-state index in [1.807, 2.05) is 19.1 Å². The van der Waals surface area contributed by atoms with Crippen molar-refractivity contribution in [1.29, 1.82) is 0 Å². The molecule has 2 aromatic heterocycles. The van der Waals surface area contributed by atoms with E-state index in [1.165, 1.54) is 0 Å². The monoisotopic (exact) mass is 384 g/mol. The molecule has 0 aliphatic carbocycles. The Hall–Kier alpha value is -2.48. The number of aryl methyl sites for hydroxylation is 1. The molecule has 150 valence electrons. The second kappa shape index (κ2) is 8.68. The summed E-state index contributed by atoms with van der Waals surface area (Å²) in [6, 6.07) is 4.41. The van der Waals surface area contributed by atoms with Crippen molar-refractivity contribution < 1.29 is 9.32 Å². The van der Waals surface area contributed by atoms with Gasteiger partial charge in [0.15, 0.2) is 0 Å². The first kappa shape index (κ1) is 18.9. The van der Waals surface area contributed by atoms with Gasteiger partial charge in [0.25, 0.3) is 5.95 Å². The third kappa shape index (κ3) is 4.49. The van der Waals surface area contributed by atoms with Crippen LogP contribution in [0.3, 0.4) is 0 Å². The van der Waals surface area contributed by atoms with Crippen LogP contribution in [0.25, 0.3) is 0 Å². The lowest BCUT2D eigenvalue weighted by atomic mass is 9.93. The van der Waals surface area contributed by atoms with Gasteiger partial charge in [-0.2, -0.15) is 4.98 Å². The average Bonchev–Trinajstić information content (AvgIpc) is 3.19. The first-order valence-corrected chi connectivity index (χ1v) is 10.1. The number of likely N-dealkylation sites (tertiary alicyclic amines) is 1. The number of rotatable bonds is 5. The number of hydrogen-bond acceptors (Lipinski definition) is 7. The molecular weight excluding hydrogens is 356 g/mol. The maximum Gasteiger partial charge on any atom is 0.266 e. The number of anilines is 1. The number of carbonyl (C=O) groups excluding carboxylic acids is 1. The lowest BCUT2D eigenvalue weighted by Gasteiger charge is -2.41. The molecule has 4 rings (SSSR count). The molecule has 0 bridgehead atoms. The molecule has 0 unspecified atom stereocenters. The number of nitrogens with one attached hydrogen (secondary N) is 1. The Morgan fingerprint density at radius 3 is 2.86 bits per heavy atom. The van der Waals surface area contributed by atoms with Crippen molar-refractivity contribution in [3.63, 3.8) is 0 Å². The minimum absolute atomic E-state index is 0.0725. The first-order chi connectivity index (χ1) is 13.7. The third-order valence-corrected chi connectivity index (χ3v) is 5.79. The van der Waals surface area contributed by atoms with Crippen LogP contribution in [-0.4, -0.2) is 58.2 Å². The fourth-order valence-electron chi connectivity index (χ4n) is 4.24. The van der Waals surface area contributed by atoms with Gasteiger partial charge in [-0.15, -0.1) is 0 Å². The Labute approximate surface area is 165 Å². The van der Waals surface area contributed by atoms with E-state index in [0.29, 0.717) is 24.4 Å². The quantitative estimate of drug-likeness (QED) is 0.840. The van der Waals surface area contributed by atoms with Crippen molar-refractivity contribution in [3.05, 3.63) is 36.0 Å². The minimum atomic E-state index is 0.0725. The van der Waals surface area contributed by atoms with Gasteiger partial charge in [0.2, 0.25) is 11.8 Å². The average molecular weight is 384 g/mol. The number of pyridine rings is 1. The van der Waals surface area contributed by atoms with Crippen molar-refractivity contribution in [2.45, 2.75) is 45.2 Å². The van der Waals surface area contributed by atoms with Crippen LogP contribution in [0.1, 0.15) is 37.1 Å². The van der Waals surface area contributed by atoms with Gasteiger partial charge in [-0.05, 0) is 49.0 Å². The number of hydrogen-bond donors (Lipinski definition) is 1. The topological polar surface area (TPSA) is 87.4 Å². The molecule has 0 aromatic carbocycles. The molecule has 2 aromatic rings. The highest BCUT2D eigenvalue weighted by Gasteiger charge is 2.32. The molecule has 2 aliphatic heterocycles. The number of amides is 1. The molecule has 0 saturated carbocycles. The lowest BCUT2D eigenvalue weighted by molar-refractivity contribution is -0.127. The van der Waals surface area contributed by atoms with E-state index in [2.05, 4.69) is 30.2 Å². The van der Waals surface area contributed by atoms with Gasteiger partial charge in [0.05, 0.1) is 5.92 Å². The second-order valence-corrected chi connectivity index (χ2v) is 7.74. The largest absolute Gasteiger partial charge is 0.352 e. The highest BCUT2D eigenvalue weighted by atomic mass is 16.5. The van der Waals surface area contributed by atoms with Crippen LogP contribution in [-0.2, 0) is 11.3 Å². The number of aromatic nitrogens is 3. The zero-order valence-electron chi connectivity index (χ0n) is 16.4. The van der Waals surface area contributed by atoms with E-state index >= 15 is 0 Å². The highest BCUT2D eigenvalue weighted by molar-refractivity contribution is 5.78. The number of piperidine rings is 2. The zero-order chi connectivity index (χ0) is 19.3. The summed E-state index contributed by atoms with van der Waals surface area (Å²) in [7, 11) is 0. The van der Waals surface area contributed by atoms with Gasteiger partial charge in [-0.3, -0.25) is 14.7 Å². The highest BCUT2D eigenvalue weighted by Crippen LogP contribution is 2.25. The Kier molecular flexibility index (Phi) is 5.85. The van der Waals surface area contributed by atoms with Crippen LogP contribution in [0.5, 0.6) is 0 Å². The van der Waals surface area contributed by atoms with Crippen molar-refractivity contribution in [2.24, 2.45) is 5.92 Å². The van der Waals surface area contributed by atoms with Gasteiger partial charge >= 0.3 is 0 Å². The normalized spacial score (nSPS) is 21.6. The van der Waals surface area contributed by atoms with Crippen LogP contribution < -0.4 is 10.2 Å². The number of carbonyl (C=O) groups is 1. The maximum absolute atomic E-state index is 12.6. The fraction of sp³-hybridized carbons (Fsp3) is 0.600. The van der Waals surface area contributed by atoms with E-state index in [0.717, 1.165) is 57.4 Å².